The van der Waals surface area contributed by atoms with E-state index in [1.165, 1.54) is 6.07 Å². The van der Waals surface area contributed by atoms with Gasteiger partial charge in [-0.25, -0.2) is 4.39 Å². The van der Waals surface area contributed by atoms with E-state index in [1.807, 2.05) is 66.7 Å². The van der Waals surface area contributed by atoms with Crippen LogP contribution in [0.15, 0.2) is 109 Å². The van der Waals surface area contributed by atoms with Crippen molar-refractivity contribution in [1.82, 2.24) is 0 Å². The van der Waals surface area contributed by atoms with Crippen LogP contribution in [0.5, 0.6) is 5.75 Å². The van der Waals surface area contributed by atoms with E-state index >= 15 is 0 Å². The summed E-state index contributed by atoms with van der Waals surface area (Å²) < 4.78 is 19.6. The minimum atomic E-state index is -0.452. The van der Waals surface area contributed by atoms with E-state index in [4.69, 9.17) is 4.74 Å². The third kappa shape index (κ3) is 5.65. The van der Waals surface area contributed by atoms with Crippen LogP contribution in [0.3, 0.4) is 0 Å². The number of hydrogen-bond acceptors (Lipinski definition) is 3. The van der Waals surface area contributed by atoms with Crippen molar-refractivity contribution in [3.63, 3.8) is 0 Å². The number of carbonyl (C=O) groups excluding carboxylic acids is 1. The largest absolute Gasteiger partial charge is 0.427 e. The van der Waals surface area contributed by atoms with Crippen molar-refractivity contribution in [1.29, 1.82) is 5.26 Å². The molecule has 0 radical (unpaired) electrons. The molecule has 0 aromatic heterocycles. The summed E-state index contributed by atoms with van der Waals surface area (Å²) in [5.41, 5.74) is 3.25. The minimum Gasteiger partial charge on any atom is -0.427 e. The summed E-state index contributed by atoms with van der Waals surface area (Å²) in [5, 5.41) is 9.46. The van der Waals surface area contributed by atoms with Crippen LogP contribution in [0.25, 0.3) is 11.6 Å². The van der Waals surface area contributed by atoms with Gasteiger partial charge >= 0.3 is 5.97 Å². The first-order chi connectivity index (χ1) is 16.6. The second-order valence-corrected chi connectivity index (χ2v) is 7.77. The number of esters is 1. The molecule has 4 aromatic carbocycles. The van der Waals surface area contributed by atoms with Crippen LogP contribution in [0.4, 0.5) is 4.39 Å². The van der Waals surface area contributed by atoms with Gasteiger partial charge in [-0.05, 0) is 41.0 Å². The Hall–Kier alpha value is -4.49. The molecule has 0 aliphatic carbocycles. The molecule has 0 saturated heterocycles. The summed E-state index contributed by atoms with van der Waals surface area (Å²) in [6, 6.07) is 34.7. The first-order valence-corrected chi connectivity index (χ1v) is 10.9. The zero-order valence-electron chi connectivity index (χ0n) is 18.4. The summed E-state index contributed by atoms with van der Waals surface area (Å²) in [5.74, 6) is -0.500. The molecule has 0 atom stereocenters. The summed E-state index contributed by atoms with van der Waals surface area (Å²) in [4.78, 5) is 12.8. The van der Waals surface area contributed by atoms with E-state index in [0.717, 1.165) is 11.1 Å². The Kier molecular flexibility index (Phi) is 7.27. The van der Waals surface area contributed by atoms with E-state index < -0.39 is 5.82 Å². The monoisotopic (exact) mass is 447 g/mol. The minimum absolute atomic E-state index is 0.115. The molecule has 4 aromatic rings. The normalized spacial score (nSPS) is 11.1. The summed E-state index contributed by atoms with van der Waals surface area (Å²) in [7, 11) is 0. The fraction of sp³-hybridized carbons (Fsp3) is 0.0667. The molecular formula is C30H22FNO2. The number of carbonyl (C=O) groups is 1. The summed E-state index contributed by atoms with van der Waals surface area (Å²) in [6.07, 6.45) is 1.80. The van der Waals surface area contributed by atoms with Gasteiger partial charge in [-0.1, -0.05) is 91.0 Å². The molecule has 0 unspecified atom stereocenters. The number of rotatable bonds is 7. The molecule has 0 heterocycles. The Morgan fingerprint density at radius 2 is 1.38 bits per heavy atom. The van der Waals surface area contributed by atoms with Gasteiger partial charge in [0, 0.05) is 11.5 Å². The Morgan fingerprint density at radius 1 is 0.824 bits per heavy atom. The Bertz CT molecular complexity index is 1280. The Morgan fingerprint density at radius 3 is 1.94 bits per heavy atom. The molecule has 4 rings (SSSR count). The van der Waals surface area contributed by atoms with Crippen molar-refractivity contribution in [2.45, 2.75) is 12.3 Å². The lowest BCUT2D eigenvalue weighted by atomic mass is 9.88. The standard InChI is InChI=1S/C30H22FNO2/c31-29-14-8-7-13-27(29)25(21-32)19-22-15-17-26(18-16-22)34-30(33)20-28(23-9-3-1-4-10-23)24-11-5-2-6-12-24/h1-19,28H,20H2/b25-19-. The van der Waals surface area contributed by atoms with Crippen molar-refractivity contribution in [3.8, 4) is 11.8 Å². The molecule has 0 bridgehead atoms. The molecule has 0 saturated carbocycles. The maximum Gasteiger partial charge on any atom is 0.312 e. The van der Waals surface area contributed by atoms with Gasteiger partial charge in [0.2, 0.25) is 0 Å². The fourth-order valence-corrected chi connectivity index (χ4v) is 3.79. The second-order valence-electron chi connectivity index (χ2n) is 7.77. The van der Waals surface area contributed by atoms with Gasteiger partial charge in [0.1, 0.15) is 11.6 Å². The highest BCUT2D eigenvalue weighted by atomic mass is 19.1. The van der Waals surface area contributed by atoms with Gasteiger partial charge in [0.05, 0.1) is 18.1 Å². The molecule has 0 aliphatic rings. The van der Waals surface area contributed by atoms with Gasteiger partial charge in [-0.15, -0.1) is 0 Å². The SMILES string of the molecule is N#C/C(=C/c1ccc(OC(=O)CC(c2ccccc2)c2ccccc2)cc1)c1ccccc1F. The molecule has 0 aliphatic heterocycles. The summed E-state index contributed by atoms with van der Waals surface area (Å²) >= 11 is 0. The van der Waals surface area contributed by atoms with Crippen LogP contribution in [-0.4, -0.2) is 5.97 Å². The number of allylic oxidation sites excluding steroid dienone is 1. The van der Waals surface area contributed by atoms with Gasteiger partial charge in [-0.3, -0.25) is 4.79 Å². The number of benzene rings is 4. The molecule has 166 valence electrons. The van der Waals surface area contributed by atoms with Crippen molar-refractivity contribution in [2.75, 3.05) is 0 Å². The molecule has 4 heteroatoms. The van der Waals surface area contributed by atoms with Gasteiger partial charge in [0.15, 0.2) is 0 Å². The van der Waals surface area contributed by atoms with Crippen LogP contribution in [0.1, 0.15) is 34.6 Å². The average molecular weight is 448 g/mol. The third-order valence-corrected chi connectivity index (χ3v) is 5.48. The van der Waals surface area contributed by atoms with Gasteiger partial charge < -0.3 is 4.74 Å². The number of halogens is 1. The number of hydrogen-bond donors (Lipinski definition) is 0. The highest BCUT2D eigenvalue weighted by Crippen LogP contribution is 2.29. The first kappa shape index (κ1) is 22.7. The second kappa shape index (κ2) is 10.9. The zero-order valence-corrected chi connectivity index (χ0v) is 18.4. The lowest BCUT2D eigenvalue weighted by molar-refractivity contribution is -0.134. The number of nitriles is 1. The Labute approximate surface area is 198 Å². The fourth-order valence-electron chi connectivity index (χ4n) is 3.79. The van der Waals surface area contributed by atoms with Crippen molar-refractivity contribution in [3.05, 3.63) is 137 Å². The smallest absolute Gasteiger partial charge is 0.312 e. The molecule has 34 heavy (non-hydrogen) atoms. The lowest BCUT2D eigenvalue weighted by Gasteiger charge is -2.17. The van der Waals surface area contributed by atoms with E-state index in [0.29, 0.717) is 11.3 Å². The number of nitrogens with zero attached hydrogens (tertiary/aromatic N) is 1. The van der Waals surface area contributed by atoms with Crippen LogP contribution in [0, 0.1) is 17.1 Å². The highest BCUT2D eigenvalue weighted by molar-refractivity contribution is 5.89. The molecular weight excluding hydrogens is 425 g/mol. The molecule has 0 fully saturated rings. The highest BCUT2D eigenvalue weighted by Gasteiger charge is 2.19. The Balaban J connectivity index is 1.48. The van der Waals surface area contributed by atoms with Gasteiger partial charge in [-0.2, -0.15) is 5.26 Å². The number of ether oxygens (including phenoxy) is 1. The van der Waals surface area contributed by atoms with Crippen LogP contribution in [-0.2, 0) is 4.79 Å². The van der Waals surface area contributed by atoms with Crippen LogP contribution in [0.2, 0.25) is 0 Å². The van der Waals surface area contributed by atoms with Crippen LogP contribution >= 0.6 is 0 Å². The van der Waals surface area contributed by atoms with Crippen molar-refractivity contribution in [2.24, 2.45) is 0 Å². The maximum atomic E-state index is 14.0. The average Bonchev–Trinajstić information content (AvgIpc) is 2.88. The molecule has 0 amide bonds. The van der Waals surface area contributed by atoms with Crippen LogP contribution < -0.4 is 4.74 Å². The lowest BCUT2D eigenvalue weighted by Crippen LogP contribution is -2.14. The molecule has 3 nitrogen and oxygen atoms in total. The molecule has 0 spiro atoms. The maximum absolute atomic E-state index is 14.0. The first-order valence-electron chi connectivity index (χ1n) is 10.9. The van der Waals surface area contributed by atoms with E-state index in [1.54, 1.807) is 48.5 Å². The third-order valence-electron chi connectivity index (χ3n) is 5.48. The van der Waals surface area contributed by atoms with E-state index in [9.17, 15) is 14.4 Å². The molecule has 0 N–H and O–H groups in total. The van der Waals surface area contributed by atoms with E-state index in [2.05, 4.69) is 0 Å². The predicted octanol–water partition coefficient (Wildman–Crippen LogP) is 7.02. The summed E-state index contributed by atoms with van der Waals surface area (Å²) in [6.45, 7) is 0. The quantitative estimate of drug-likeness (QED) is 0.132. The predicted molar refractivity (Wildman–Crippen MR) is 131 cm³/mol. The topological polar surface area (TPSA) is 50.1 Å². The van der Waals surface area contributed by atoms with E-state index in [-0.39, 0.29) is 29.4 Å². The van der Waals surface area contributed by atoms with Gasteiger partial charge in [0.25, 0.3) is 0 Å². The zero-order chi connectivity index (χ0) is 23.8. The van der Waals surface area contributed by atoms with Crippen molar-refractivity contribution >= 4 is 17.6 Å². The van der Waals surface area contributed by atoms with Crippen molar-refractivity contribution < 1.29 is 13.9 Å².